The lowest BCUT2D eigenvalue weighted by atomic mass is 9.97. The Kier molecular flexibility index (Phi) is 3.57. The minimum Gasteiger partial charge on any atom is -0.399 e. The van der Waals surface area contributed by atoms with E-state index in [0.717, 1.165) is 18.5 Å². The predicted molar refractivity (Wildman–Crippen MR) is 65.4 cm³/mol. The quantitative estimate of drug-likeness (QED) is 0.602. The number of nitrogens with one attached hydrogen (secondary N) is 1. The SMILES string of the molecule is Nc1cccc(C(=O)CC2CCCCN2)c1. The molecule has 16 heavy (non-hydrogen) atoms. The maximum absolute atomic E-state index is 12.0. The number of benzene rings is 1. The highest BCUT2D eigenvalue weighted by molar-refractivity contribution is 5.97. The third-order valence-electron chi connectivity index (χ3n) is 3.05. The smallest absolute Gasteiger partial charge is 0.164 e. The van der Waals surface area contributed by atoms with Crippen molar-refractivity contribution in [3.05, 3.63) is 29.8 Å². The van der Waals surface area contributed by atoms with Crippen molar-refractivity contribution >= 4 is 11.5 Å². The highest BCUT2D eigenvalue weighted by Crippen LogP contribution is 2.15. The zero-order valence-electron chi connectivity index (χ0n) is 9.41. The number of hydrogen-bond acceptors (Lipinski definition) is 3. The minimum absolute atomic E-state index is 0.187. The Bertz CT molecular complexity index is 370. The number of ketones is 1. The molecule has 86 valence electrons. The number of carbonyl (C=O) groups is 1. The fraction of sp³-hybridized carbons (Fsp3) is 0.462. The summed E-state index contributed by atoms with van der Waals surface area (Å²) in [6, 6.07) is 7.57. The molecule has 2 rings (SSSR count). The van der Waals surface area contributed by atoms with Crippen molar-refractivity contribution in [1.29, 1.82) is 0 Å². The Hall–Kier alpha value is -1.35. The van der Waals surface area contributed by atoms with Gasteiger partial charge >= 0.3 is 0 Å². The van der Waals surface area contributed by atoms with E-state index < -0.39 is 0 Å². The highest BCUT2D eigenvalue weighted by Gasteiger charge is 2.17. The van der Waals surface area contributed by atoms with Gasteiger partial charge in [0.25, 0.3) is 0 Å². The lowest BCUT2D eigenvalue weighted by molar-refractivity contribution is 0.0964. The molecule has 0 saturated carbocycles. The number of nitrogens with two attached hydrogens (primary N) is 1. The number of hydrogen-bond donors (Lipinski definition) is 2. The number of carbonyl (C=O) groups excluding carboxylic acids is 1. The fourth-order valence-electron chi connectivity index (χ4n) is 2.15. The fourth-order valence-corrected chi connectivity index (χ4v) is 2.15. The second kappa shape index (κ2) is 5.12. The van der Waals surface area contributed by atoms with Crippen molar-refractivity contribution in [2.45, 2.75) is 31.7 Å². The predicted octanol–water partition coefficient (Wildman–Crippen LogP) is 1.98. The van der Waals surface area contributed by atoms with E-state index in [-0.39, 0.29) is 5.78 Å². The van der Waals surface area contributed by atoms with Gasteiger partial charge in [0.15, 0.2) is 5.78 Å². The summed E-state index contributed by atoms with van der Waals surface area (Å²) in [4.78, 5) is 12.0. The number of anilines is 1. The maximum Gasteiger partial charge on any atom is 0.164 e. The largest absolute Gasteiger partial charge is 0.399 e. The van der Waals surface area contributed by atoms with Crippen LogP contribution < -0.4 is 11.1 Å². The van der Waals surface area contributed by atoms with E-state index in [0.29, 0.717) is 18.2 Å². The van der Waals surface area contributed by atoms with Gasteiger partial charge in [-0.2, -0.15) is 0 Å². The molecule has 1 saturated heterocycles. The average Bonchev–Trinajstić information content (AvgIpc) is 2.30. The molecule has 3 N–H and O–H groups in total. The van der Waals surface area contributed by atoms with Crippen molar-refractivity contribution in [2.24, 2.45) is 0 Å². The Labute approximate surface area is 96.0 Å². The molecule has 1 aliphatic heterocycles. The van der Waals surface area contributed by atoms with Crippen molar-refractivity contribution < 1.29 is 4.79 Å². The van der Waals surface area contributed by atoms with Gasteiger partial charge in [0.05, 0.1) is 0 Å². The van der Waals surface area contributed by atoms with Gasteiger partial charge in [-0.25, -0.2) is 0 Å². The molecule has 0 spiro atoms. The van der Waals surface area contributed by atoms with Crippen LogP contribution in [0.1, 0.15) is 36.0 Å². The summed E-state index contributed by atoms with van der Waals surface area (Å²) in [5, 5.41) is 3.38. The summed E-state index contributed by atoms with van der Waals surface area (Å²) in [7, 11) is 0. The molecule has 1 heterocycles. The third kappa shape index (κ3) is 2.83. The van der Waals surface area contributed by atoms with Gasteiger partial charge in [-0.15, -0.1) is 0 Å². The molecule has 0 radical (unpaired) electrons. The summed E-state index contributed by atoms with van der Waals surface area (Å²) in [6.07, 6.45) is 4.14. The van der Waals surface area contributed by atoms with Gasteiger partial charge in [0, 0.05) is 23.7 Å². The van der Waals surface area contributed by atoms with Gasteiger partial charge < -0.3 is 11.1 Å². The molecule has 1 atom stereocenters. The maximum atomic E-state index is 12.0. The van der Waals surface area contributed by atoms with Crippen LogP contribution in [0.25, 0.3) is 0 Å². The van der Waals surface area contributed by atoms with Crippen LogP contribution in [-0.4, -0.2) is 18.4 Å². The van der Waals surface area contributed by atoms with Gasteiger partial charge in [-0.1, -0.05) is 18.6 Å². The molecule has 0 bridgehead atoms. The molecule has 1 aromatic rings. The van der Waals surface area contributed by atoms with Crippen molar-refractivity contribution in [2.75, 3.05) is 12.3 Å². The normalized spacial score (nSPS) is 20.6. The molecule has 1 aromatic carbocycles. The van der Waals surface area contributed by atoms with E-state index in [1.165, 1.54) is 12.8 Å². The molecule has 1 fully saturated rings. The first-order valence-corrected chi connectivity index (χ1v) is 5.88. The zero-order valence-corrected chi connectivity index (χ0v) is 9.41. The molecule has 1 unspecified atom stereocenters. The van der Waals surface area contributed by atoms with E-state index in [4.69, 9.17) is 5.73 Å². The molecular weight excluding hydrogens is 200 g/mol. The van der Waals surface area contributed by atoms with E-state index in [1.54, 1.807) is 12.1 Å². The highest BCUT2D eigenvalue weighted by atomic mass is 16.1. The Balaban J connectivity index is 1.97. The second-order valence-electron chi connectivity index (χ2n) is 4.40. The average molecular weight is 218 g/mol. The van der Waals surface area contributed by atoms with Gasteiger partial charge in [-0.05, 0) is 31.5 Å². The van der Waals surface area contributed by atoms with Crippen molar-refractivity contribution in [1.82, 2.24) is 5.32 Å². The Morgan fingerprint density at radius 2 is 2.31 bits per heavy atom. The summed E-state index contributed by atoms with van der Waals surface area (Å²) < 4.78 is 0. The van der Waals surface area contributed by atoms with Crippen LogP contribution in [0.3, 0.4) is 0 Å². The van der Waals surface area contributed by atoms with Gasteiger partial charge in [0.1, 0.15) is 0 Å². The number of nitrogen functional groups attached to an aromatic ring is 1. The monoisotopic (exact) mass is 218 g/mol. The third-order valence-corrected chi connectivity index (χ3v) is 3.05. The summed E-state index contributed by atoms with van der Waals surface area (Å²) in [6.45, 7) is 1.04. The van der Waals surface area contributed by atoms with Crippen LogP contribution in [0.2, 0.25) is 0 Å². The number of rotatable bonds is 3. The standard InChI is InChI=1S/C13H18N2O/c14-11-5-3-4-10(8-11)13(16)9-12-6-1-2-7-15-12/h3-5,8,12,15H,1-2,6-7,9,14H2. The zero-order chi connectivity index (χ0) is 11.4. The number of piperidine rings is 1. The molecular formula is C13H18N2O. The van der Waals surface area contributed by atoms with E-state index >= 15 is 0 Å². The summed E-state index contributed by atoms with van der Waals surface area (Å²) >= 11 is 0. The first-order chi connectivity index (χ1) is 7.75. The minimum atomic E-state index is 0.187. The van der Waals surface area contributed by atoms with Crippen LogP contribution in [0, 0.1) is 0 Å². The Morgan fingerprint density at radius 3 is 3.00 bits per heavy atom. The van der Waals surface area contributed by atoms with E-state index in [2.05, 4.69) is 5.32 Å². The van der Waals surface area contributed by atoms with Crippen molar-refractivity contribution in [3.63, 3.8) is 0 Å². The summed E-state index contributed by atoms with van der Waals surface area (Å²) in [5.41, 5.74) is 7.05. The Morgan fingerprint density at radius 1 is 1.44 bits per heavy atom. The van der Waals surface area contributed by atoms with Crippen LogP contribution in [0.4, 0.5) is 5.69 Å². The van der Waals surface area contributed by atoms with Crippen LogP contribution in [-0.2, 0) is 0 Å². The first-order valence-electron chi connectivity index (χ1n) is 5.88. The first kappa shape index (κ1) is 11.1. The lowest BCUT2D eigenvalue weighted by Gasteiger charge is -2.22. The molecule has 3 heteroatoms. The van der Waals surface area contributed by atoms with E-state index in [1.807, 2.05) is 12.1 Å². The van der Waals surface area contributed by atoms with Gasteiger partial charge in [-0.3, -0.25) is 4.79 Å². The molecule has 0 amide bonds. The molecule has 0 aliphatic carbocycles. The molecule has 0 aromatic heterocycles. The molecule has 1 aliphatic rings. The van der Waals surface area contributed by atoms with Crippen LogP contribution >= 0.6 is 0 Å². The summed E-state index contributed by atoms with van der Waals surface area (Å²) in [5.74, 6) is 0.187. The van der Waals surface area contributed by atoms with Crippen LogP contribution in [0.15, 0.2) is 24.3 Å². The van der Waals surface area contributed by atoms with E-state index in [9.17, 15) is 4.79 Å². The van der Waals surface area contributed by atoms with Gasteiger partial charge in [0.2, 0.25) is 0 Å². The lowest BCUT2D eigenvalue weighted by Crippen LogP contribution is -2.35. The molecule has 3 nitrogen and oxygen atoms in total. The second-order valence-corrected chi connectivity index (χ2v) is 4.40. The topological polar surface area (TPSA) is 55.1 Å². The van der Waals surface area contributed by atoms with Crippen molar-refractivity contribution in [3.8, 4) is 0 Å². The number of Topliss-reactive ketones (excluding diaryl/α,β-unsaturated/α-hetero) is 1. The van der Waals surface area contributed by atoms with Crippen LogP contribution in [0.5, 0.6) is 0 Å².